The van der Waals surface area contributed by atoms with Crippen LogP contribution in [0.2, 0.25) is 0 Å². The fourth-order valence-electron chi connectivity index (χ4n) is 2.78. The summed E-state index contributed by atoms with van der Waals surface area (Å²) in [7, 11) is 0. The fraction of sp³-hybridized carbons (Fsp3) is 0.611. The highest BCUT2D eigenvalue weighted by molar-refractivity contribution is 14.0. The third-order valence-electron chi connectivity index (χ3n) is 3.99. The van der Waals surface area contributed by atoms with Gasteiger partial charge in [-0.15, -0.1) is 24.0 Å². The van der Waals surface area contributed by atoms with Gasteiger partial charge in [0.1, 0.15) is 12.4 Å². The molecule has 1 heterocycles. The van der Waals surface area contributed by atoms with Crippen LogP contribution >= 0.6 is 24.0 Å². The Bertz CT molecular complexity index is 567. The van der Waals surface area contributed by atoms with Gasteiger partial charge in [0.15, 0.2) is 17.6 Å². The third-order valence-corrected chi connectivity index (χ3v) is 3.99. The first kappa shape index (κ1) is 22.9. The normalized spacial score (nSPS) is 15.5. The second kappa shape index (κ2) is 12.3. The van der Waals surface area contributed by atoms with E-state index in [1.807, 2.05) is 13.8 Å². The fourth-order valence-corrected chi connectivity index (χ4v) is 2.78. The summed E-state index contributed by atoms with van der Waals surface area (Å²) in [5.74, 6) is -0.635. The Balaban J connectivity index is 0.00000338. The lowest BCUT2D eigenvalue weighted by Crippen LogP contribution is -2.47. The van der Waals surface area contributed by atoms with Crippen molar-refractivity contribution in [3.63, 3.8) is 0 Å². The van der Waals surface area contributed by atoms with Crippen LogP contribution in [0.1, 0.15) is 26.7 Å². The number of guanidine groups is 1. The van der Waals surface area contributed by atoms with Gasteiger partial charge in [-0.1, -0.05) is 0 Å². The number of aliphatic imine (C=N–C) groups is 1. The highest BCUT2D eigenvalue weighted by Gasteiger charge is 2.21. The standard InChI is InChI=1S/C18H27F2N3O2.HI/c1-3-21-18(23-10-7-14(8-11-23)24-4-2)22-9-12-25-15-5-6-16(19)17(20)13-15;/h5-6,13-14H,3-4,7-12H2,1-2H3,(H,21,22);1H. The predicted molar refractivity (Wildman–Crippen MR) is 109 cm³/mol. The van der Waals surface area contributed by atoms with Crippen LogP contribution in [0.25, 0.3) is 0 Å². The Hall–Kier alpha value is -1.16. The quantitative estimate of drug-likeness (QED) is 0.280. The van der Waals surface area contributed by atoms with Crippen LogP contribution in [-0.2, 0) is 4.74 Å². The van der Waals surface area contributed by atoms with E-state index in [2.05, 4.69) is 15.2 Å². The Morgan fingerprint density at radius 3 is 2.58 bits per heavy atom. The van der Waals surface area contributed by atoms with Crippen LogP contribution in [0.4, 0.5) is 8.78 Å². The second-order valence-electron chi connectivity index (χ2n) is 5.80. The Kier molecular flexibility index (Phi) is 10.8. The molecule has 0 aliphatic carbocycles. The molecule has 1 aromatic carbocycles. The SMILES string of the molecule is CCNC(=NCCOc1ccc(F)c(F)c1)N1CCC(OCC)CC1.I. The number of nitrogens with zero attached hydrogens (tertiary/aromatic N) is 2. The number of likely N-dealkylation sites (tertiary alicyclic amines) is 1. The van der Waals surface area contributed by atoms with E-state index in [1.165, 1.54) is 6.07 Å². The number of rotatable bonds is 7. The number of halogens is 3. The van der Waals surface area contributed by atoms with Gasteiger partial charge < -0.3 is 19.7 Å². The number of ether oxygens (including phenoxy) is 2. The molecule has 1 N–H and O–H groups in total. The summed E-state index contributed by atoms with van der Waals surface area (Å²) in [5, 5.41) is 3.28. The summed E-state index contributed by atoms with van der Waals surface area (Å²) < 4.78 is 37.1. The smallest absolute Gasteiger partial charge is 0.194 e. The van der Waals surface area contributed by atoms with Gasteiger partial charge in [-0.2, -0.15) is 0 Å². The van der Waals surface area contributed by atoms with Crippen LogP contribution in [-0.4, -0.2) is 56.4 Å². The minimum atomic E-state index is -0.911. The maximum atomic E-state index is 13.1. The average molecular weight is 483 g/mol. The molecule has 148 valence electrons. The molecule has 26 heavy (non-hydrogen) atoms. The van der Waals surface area contributed by atoms with Gasteiger partial charge in [0.2, 0.25) is 0 Å². The maximum Gasteiger partial charge on any atom is 0.194 e. The van der Waals surface area contributed by atoms with Crippen molar-refractivity contribution in [1.29, 1.82) is 0 Å². The first-order valence-corrected chi connectivity index (χ1v) is 8.86. The van der Waals surface area contributed by atoms with Crippen molar-refractivity contribution in [2.24, 2.45) is 4.99 Å². The zero-order valence-corrected chi connectivity index (χ0v) is 17.7. The Morgan fingerprint density at radius 1 is 1.23 bits per heavy atom. The van der Waals surface area contributed by atoms with Crippen molar-refractivity contribution in [2.45, 2.75) is 32.8 Å². The molecule has 0 aromatic heterocycles. The lowest BCUT2D eigenvalue weighted by atomic mass is 10.1. The largest absolute Gasteiger partial charge is 0.492 e. The molecule has 2 rings (SSSR count). The Morgan fingerprint density at radius 2 is 1.96 bits per heavy atom. The molecule has 0 unspecified atom stereocenters. The van der Waals surface area contributed by atoms with E-state index < -0.39 is 11.6 Å². The summed E-state index contributed by atoms with van der Waals surface area (Å²) in [4.78, 5) is 6.78. The van der Waals surface area contributed by atoms with Crippen LogP contribution in [0, 0.1) is 11.6 Å². The minimum absolute atomic E-state index is 0. The summed E-state index contributed by atoms with van der Waals surface area (Å²) in [6.07, 6.45) is 2.31. The average Bonchev–Trinajstić information content (AvgIpc) is 2.62. The zero-order chi connectivity index (χ0) is 18.1. The number of hydrogen-bond donors (Lipinski definition) is 1. The molecule has 0 amide bonds. The number of nitrogens with one attached hydrogen (secondary N) is 1. The van der Waals surface area contributed by atoms with Gasteiger partial charge in [0, 0.05) is 32.3 Å². The monoisotopic (exact) mass is 483 g/mol. The molecule has 1 aliphatic heterocycles. The molecular weight excluding hydrogens is 455 g/mol. The zero-order valence-electron chi connectivity index (χ0n) is 15.3. The first-order chi connectivity index (χ1) is 12.1. The summed E-state index contributed by atoms with van der Waals surface area (Å²) in [6.45, 7) is 8.13. The van der Waals surface area contributed by atoms with Gasteiger partial charge >= 0.3 is 0 Å². The van der Waals surface area contributed by atoms with Crippen molar-refractivity contribution < 1.29 is 18.3 Å². The van der Waals surface area contributed by atoms with Crippen molar-refractivity contribution in [3.05, 3.63) is 29.8 Å². The van der Waals surface area contributed by atoms with Crippen molar-refractivity contribution in [2.75, 3.05) is 39.4 Å². The summed E-state index contributed by atoms with van der Waals surface area (Å²) >= 11 is 0. The molecule has 5 nitrogen and oxygen atoms in total. The van der Waals surface area contributed by atoms with E-state index >= 15 is 0 Å². The number of piperidine rings is 1. The third kappa shape index (κ3) is 7.22. The summed E-state index contributed by atoms with van der Waals surface area (Å²) in [5.41, 5.74) is 0. The van der Waals surface area contributed by atoms with Crippen molar-refractivity contribution in [3.8, 4) is 5.75 Å². The highest BCUT2D eigenvalue weighted by Crippen LogP contribution is 2.16. The first-order valence-electron chi connectivity index (χ1n) is 8.86. The molecule has 1 aromatic rings. The van der Waals surface area contributed by atoms with E-state index in [1.54, 1.807) is 0 Å². The molecule has 8 heteroatoms. The van der Waals surface area contributed by atoms with Gasteiger partial charge in [-0.05, 0) is 38.8 Å². The topological polar surface area (TPSA) is 46.1 Å². The van der Waals surface area contributed by atoms with Gasteiger partial charge in [-0.25, -0.2) is 13.8 Å². The van der Waals surface area contributed by atoms with Crippen LogP contribution in [0.3, 0.4) is 0 Å². The molecule has 1 fully saturated rings. The van der Waals surface area contributed by atoms with E-state index in [-0.39, 0.29) is 24.0 Å². The molecule has 0 atom stereocenters. The highest BCUT2D eigenvalue weighted by atomic mass is 127. The number of benzene rings is 1. The summed E-state index contributed by atoms with van der Waals surface area (Å²) in [6, 6.07) is 3.51. The Labute approximate surface area is 171 Å². The minimum Gasteiger partial charge on any atom is -0.492 e. The molecule has 0 spiro atoms. The number of hydrogen-bond acceptors (Lipinski definition) is 3. The van der Waals surface area contributed by atoms with Gasteiger partial charge in [0.05, 0.1) is 12.6 Å². The van der Waals surface area contributed by atoms with Crippen molar-refractivity contribution >= 4 is 29.9 Å². The molecular formula is C18H28F2IN3O2. The lowest BCUT2D eigenvalue weighted by molar-refractivity contribution is 0.0263. The molecule has 0 bridgehead atoms. The van der Waals surface area contributed by atoms with E-state index in [0.717, 1.165) is 57.2 Å². The van der Waals surface area contributed by atoms with Crippen LogP contribution in [0.15, 0.2) is 23.2 Å². The van der Waals surface area contributed by atoms with Gasteiger partial charge in [-0.3, -0.25) is 0 Å². The molecule has 0 saturated carbocycles. The molecule has 1 aliphatic rings. The van der Waals surface area contributed by atoms with Crippen molar-refractivity contribution in [1.82, 2.24) is 10.2 Å². The lowest BCUT2D eigenvalue weighted by Gasteiger charge is -2.34. The predicted octanol–water partition coefficient (Wildman–Crippen LogP) is 3.43. The molecule has 1 saturated heterocycles. The van der Waals surface area contributed by atoms with Crippen LogP contribution < -0.4 is 10.1 Å². The van der Waals surface area contributed by atoms with Crippen LogP contribution in [0.5, 0.6) is 5.75 Å². The van der Waals surface area contributed by atoms with E-state index in [9.17, 15) is 8.78 Å². The maximum absolute atomic E-state index is 13.1. The molecule has 0 radical (unpaired) electrons. The van der Waals surface area contributed by atoms with E-state index in [4.69, 9.17) is 9.47 Å². The van der Waals surface area contributed by atoms with E-state index in [0.29, 0.717) is 25.0 Å². The van der Waals surface area contributed by atoms with Gasteiger partial charge in [0.25, 0.3) is 0 Å². The second-order valence-corrected chi connectivity index (χ2v) is 5.80.